The number of sulfonamides is 1. The van der Waals surface area contributed by atoms with Crippen molar-refractivity contribution in [2.75, 3.05) is 19.3 Å². The molecule has 6 nitrogen and oxygen atoms in total. The molecule has 8 heteroatoms. The molecule has 0 spiro atoms. The third-order valence-electron chi connectivity index (χ3n) is 5.23. The second-order valence-corrected chi connectivity index (χ2v) is 9.25. The maximum atomic E-state index is 11.7. The molecule has 0 bridgehead atoms. The fourth-order valence-electron chi connectivity index (χ4n) is 4.19. The average molecular weight is 356 g/mol. The molecule has 1 aliphatic carbocycles. The van der Waals surface area contributed by atoms with Crippen molar-refractivity contribution in [2.24, 2.45) is 11.8 Å². The number of rotatable bonds is 2. The van der Waals surface area contributed by atoms with Crippen LogP contribution < -0.4 is 0 Å². The molecule has 1 saturated heterocycles. The zero-order chi connectivity index (χ0) is 16.4. The summed E-state index contributed by atoms with van der Waals surface area (Å²) in [4.78, 5) is 0. The summed E-state index contributed by atoms with van der Waals surface area (Å²) in [7, 11) is -3.16. The summed E-state index contributed by atoms with van der Waals surface area (Å²) in [6, 6.07) is 3.60. The van der Waals surface area contributed by atoms with E-state index in [4.69, 9.17) is 11.6 Å². The highest BCUT2D eigenvalue weighted by molar-refractivity contribution is 7.88. The van der Waals surface area contributed by atoms with Crippen LogP contribution in [0.1, 0.15) is 18.4 Å². The smallest absolute Gasteiger partial charge is 0.211 e. The molecule has 2 aromatic rings. The lowest BCUT2D eigenvalue weighted by Gasteiger charge is -2.26. The number of nitrogens with one attached hydrogen (secondary N) is 1. The summed E-state index contributed by atoms with van der Waals surface area (Å²) in [5, 5.41) is 19.6. The van der Waals surface area contributed by atoms with Gasteiger partial charge in [0.25, 0.3) is 0 Å². The van der Waals surface area contributed by atoms with E-state index in [1.54, 1.807) is 12.3 Å². The third kappa shape index (κ3) is 2.46. The van der Waals surface area contributed by atoms with Crippen molar-refractivity contribution in [3.63, 3.8) is 0 Å². The Hall–Kier alpha value is -1.15. The third-order valence-corrected chi connectivity index (χ3v) is 6.68. The van der Waals surface area contributed by atoms with Crippen LogP contribution in [-0.4, -0.2) is 47.4 Å². The molecule has 1 aromatic carbocycles. The van der Waals surface area contributed by atoms with Crippen LogP contribution in [0.2, 0.25) is 5.02 Å². The first-order valence-corrected chi connectivity index (χ1v) is 9.79. The van der Waals surface area contributed by atoms with Crippen molar-refractivity contribution in [1.29, 1.82) is 0 Å². The summed E-state index contributed by atoms with van der Waals surface area (Å²) in [6.07, 6.45) is 4.01. The highest BCUT2D eigenvalue weighted by Crippen LogP contribution is 2.50. The summed E-state index contributed by atoms with van der Waals surface area (Å²) in [6.45, 7) is 0.969. The highest BCUT2D eigenvalue weighted by Gasteiger charge is 2.51. The van der Waals surface area contributed by atoms with Gasteiger partial charge in [0, 0.05) is 29.1 Å². The highest BCUT2D eigenvalue weighted by atomic mass is 35.5. The maximum absolute atomic E-state index is 11.7. The molecule has 2 fully saturated rings. The van der Waals surface area contributed by atoms with E-state index in [-0.39, 0.29) is 11.8 Å². The first-order chi connectivity index (χ1) is 10.8. The monoisotopic (exact) mass is 355 g/mol. The van der Waals surface area contributed by atoms with E-state index in [1.165, 1.54) is 10.6 Å². The van der Waals surface area contributed by atoms with Gasteiger partial charge in [-0.25, -0.2) is 12.7 Å². The molecule has 0 amide bonds. The Morgan fingerprint density at radius 3 is 2.61 bits per heavy atom. The lowest BCUT2D eigenvalue weighted by Crippen LogP contribution is -2.31. The summed E-state index contributed by atoms with van der Waals surface area (Å²) < 4.78 is 24.9. The Morgan fingerprint density at radius 1 is 1.35 bits per heavy atom. The molecule has 2 aliphatic rings. The van der Waals surface area contributed by atoms with Crippen molar-refractivity contribution >= 4 is 32.5 Å². The number of H-pyrrole nitrogens is 1. The zero-order valence-corrected chi connectivity index (χ0v) is 14.2. The quantitative estimate of drug-likeness (QED) is 0.858. The predicted octanol–water partition coefficient (Wildman–Crippen LogP) is 1.71. The minimum atomic E-state index is -3.16. The van der Waals surface area contributed by atoms with Gasteiger partial charge in [-0.05, 0) is 36.8 Å². The minimum Gasteiger partial charge on any atom is -0.385 e. The van der Waals surface area contributed by atoms with Gasteiger partial charge < -0.3 is 5.11 Å². The SMILES string of the molecule is CS(=O)(=O)N1C[C@@H]2CC(O)(c3cc(Cl)cc4cn[nH]c34)C[C@H]2C1. The minimum absolute atomic E-state index is 0.173. The molecule has 0 unspecified atom stereocenters. The Kier molecular flexibility index (Phi) is 3.29. The summed E-state index contributed by atoms with van der Waals surface area (Å²) >= 11 is 6.18. The second kappa shape index (κ2) is 4.92. The lowest BCUT2D eigenvalue weighted by atomic mass is 9.89. The van der Waals surface area contributed by atoms with E-state index in [1.807, 2.05) is 6.07 Å². The van der Waals surface area contributed by atoms with Crippen LogP contribution in [-0.2, 0) is 15.6 Å². The Bertz CT molecular complexity index is 865. The van der Waals surface area contributed by atoms with Gasteiger partial charge >= 0.3 is 0 Å². The molecule has 1 aliphatic heterocycles. The van der Waals surface area contributed by atoms with Crippen molar-refractivity contribution in [1.82, 2.24) is 14.5 Å². The van der Waals surface area contributed by atoms with E-state index in [9.17, 15) is 13.5 Å². The Morgan fingerprint density at radius 2 is 2.00 bits per heavy atom. The molecule has 2 heterocycles. The second-order valence-electron chi connectivity index (χ2n) is 6.83. The molecule has 4 rings (SSSR count). The lowest BCUT2D eigenvalue weighted by molar-refractivity contribution is 0.0352. The van der Waals surface area contributed by atoms with Gasteiger partial charge in [-0.2, -0.15) is 5.10 Å². The van der Waals surface area contributed by atoms with Crippen LogP contribution in [0.3, 0.4) is 0 Å². The van der Waals surface area contributed by atoms with Gasteiger partial charge in [-0.15, -0.1) is 0 Å². The van der Waals surface area contributed by atoms with Crippen LogP contribution in [0.15, 0.2) is 18.3 Å². The van der Waals surface area contributed by atoms with E-state index in [0.29, 0.717) is 31.0 Å². The molecule has 2 atom stereocenters. The molecule has 23 heavy (non-hydrogen) atoms. The number of hydrogen-bond acceptors (Lipinski definition) is 4. The summed E-state index contributed by atoms with van der Waals surface area (Å²) in [5.41, 5.74) is 0.573. The van der Waals surface area contributed by atoms with Crippen molar-refractivity contribution < 1.29 is 13.5 Å². The number of nitrogens with zero attached hydrogens (tertiary/aromatic N) is 2. The van der Waals surface area contributed by atoms with Gasteiger partial charge in [0.1, 0.15) is 0 Å². The first-order valence-electron chi connectivity index (χ1n) is 7.57. The largest absolute Gasteiger partial charge is 0.385 e. The molecule has 1 saturated carbocycles. The molecule has 2 N–H and O–H groups in total. The first kappa shape index (κ1) is 15.4. The van der Waals surface area contributed by atoms with Crippen molar-refractivity contribution in [3.8, 4) is 0 Å². The van der Waals surface area contributed by atoms with E-state index in [0.717, 1.165) is 16.5 Å². The number of halogens is 1. The topological polar surface area (TPSA) is 86.3 Å². The predicted molar refractivity (Wildman–Crippen MR) is 87.6 cm³/mol. The van der Waals surface area contributed by atoms with Gasteiger partial charge in [0.05, 0.1) is 23.6 Å². The maximum Gasteiger partial charge on any atom is 0.211 e. The summed E-state index contributed by atoms with van der Waals surface area (Å²) in [5.74, 6) is 0.346. The van der Waals surface area contributed by atoms with Crippen molar-refractivity contribution in [2.45, 2.75) is 18.4 Å². The number of aliphatic hydroxyl groups is 1. The van der Waals surface area contributed by atoms with Gasteiger partial charge in [0.15, 0.2) is 0 Å². The van der Waals surface area contributed by atoms with Crippen LogP contribution in [0.5, 0.6) is 0 Å². The molecule has 124 valence electrons. The molecular formula is C15H18ClN3O3S. The standard InChI is InChI=1S/C15H18ClN3O3S/c1-23(21,22)19-7-10-4-15(20,5-11(10)8-19)13-3-12(16)2-9-6-17-18-14(9)13/h2-3,6,10-11,20H,4-5,7-8H2,1H3,(H,17,18)/t10-,11-/m0/s1. The molecule has 1 aromatic heterocycles. The number of aromatic amines is 1. The van der Waals surface area contributed by atoms with E-state index in [2.05, 4.69) is 10.2 Å². The Labute approximate surface area is 139 Å². The van der Waals surface area contributed by atoms with E-state index >= 15 is 0 Å². The normalized spacial score (nSPS) is 27.6. The number of fused-ring (bicyclic) bond motifs is 2. The van der Waals surface area contributed by atoms with Gasteiger partial charge in [-0.3, -0.25) is 5.10 Å². The fourth-order valence-corrected chi connectivity index (χ4v) is 5.34. The van der Waals surface area contributed by atoms with Crippen LogP contribution in [0, 0.1) is 11.8 Å². The van der Waals surface area contributed by atoms with Gasteiger partial charge in [-0.1, -0.05) is 11.6 Å². The average Bonchev–Trinajstić information content (AvgIpc) is 3.09. The number of aromatic nitrogens is 2. The van der Waals surface area contributed by atoms with Crippen LogP contribution >= 0.6 is 11.6 Å². The fraction of sp³-hybridized carbons (Fsp3) is 0.533. The van der Waals surface area contributed by atoms with Crippen LogP contribution in [0.25, 0.3) is 10.9 Å². The number of benzene rings is 1. The zero-order valence-electron chi connectivity index (χ0n) is 12.7. The van der Waals surface area contributed by atoms with Gasteiger partial charge in [0.2, 0.25) is 10.0 Å². The van der Waals surface area contributed by atoms with Crippen LogP contribution in [0.4, 0.5) is 0 Å². The van der Waals surface area contributed by atoms with E-state index < -0.39 is 15.6 Å². The Balaban J connectivity index is 1.68. The number of hydrogen-bond donors (Lipinski definition) is 2. The molecule has 0 radical (unpaired) electrons. The van der Waals surface area contributed by atoms with Crippen molar-refractivity contribution in [3.05, 3.63) is 28.9 Å². The molecular weight excluding hydrogens is 338 g/mol.